The van der Waals surface area contributed by atoms with E-state index in [9.17, 15) is 14.4 Å². The van der Waals surface area contributed by atoms with Crippen molar-refractivity contribution in [2.45, 2.75) is 13.3 Å². The van der Waals surface area contributed by atoms with E-state index in [2.05, 4.69) is 0 Å². The number of ketones is 1. The fourth-order valence-corrected chi connectivity index (χ4v) is 1.26. The summed E-state index contributed by atoms with van der Waals surface area (Å²) in [5, 5.41) is 8.70. The van der Waals surface area contributed by atoms with Gasteiger partial charge >= 0.3 is 11.9 Å². The van der Waals surface area contributed by atoms with E-state index >= 15 is 0 Å². The number of rotatable bonds is 7. The van der Waals surface area contributed by atoms with Crippen LogP contribution in [0.3, 0.4) is 0 Å². The molecule has 0 atom stereocenters. The minimum Gasteiger partial charge on any atom is -0.490 e. The maximum atomic E-state index is 11.0. The lowest BCUT2D eigenvalue weighted by Gasteiger charge is -2.07. The maximum absolute atomic E-state index is 11.0. The second-order valence-electron chi connectivity index (χ2n) is 3.78. The lowest BCUT2D eigenvalue weighted by atomic mass is 10.2. The smallest absolute Gasteiger partial charge is 0.335 e. The first kappa shape index (κ1) is 14.7. The number of carbonyl (C=O) groups excluding carboxylic acids is 2. The summed E-state index contributed by atoms with van der Waals surface area (Å²) in [7, 11) is 0. The Morgan fingerprint density at radius 3 is 2.26 bits per heavy atom. The lowest BCUT2D eigenvalue weighted by molar-refractivity contribution is -0.146. The largest absolute Gasteiger partial charge is 0.490 e. The second-order valence-corrected chi connectivity index (χ2v) is 3.78. The highest BCUT2D eigenvalue weighted by Gasteiger charge is 2.06. The highest BCUT2D eigenvalue weighted by Crippen LogP contribution is 2.11. The van der Waals surface area contributed by atoms with Gasteiger partial charge in [-0.1, -0.05) is 0 Å². The normalized spacial score (nSPS) is 9.74. The van der Waals surface area contributed by atoms with Gasteiger partial charge in [0.2, 0.25) is 0 Å². The fraction of sp³-hybridized carbons (Fsp3) is 0.308. The molecule has 0 fully saturated rings. The molecular weight excluding hydrogens is 252 g/mol. The summed E-state index contributed by atoms with van der Waals surface area (Å²) in [5.41, 5.74) is 0.167. The molecule has 6 nitrogen and oxygen atoms in total. The van der Waals surface area contributed by atoms with Gasteiger partial charge in [0, 0.05) is 0 Å². The minimum absolute atomic E-state index is 0.0345. The van der Waals surface area contributed by atoms with Crippen LogP contribution in [0.4, 0.5) is 0 Å². The molecule has 1 aromatic carbocycles. The summed E-state index contributed by atoms with van der Waals surface area (Å²) in [6, 6.07) is 5.86. The predicted octanol–water partition coefficient (Wildman–Crippen LogP) is 1.29. The molecule has 19 heavy (non-hydrogen) atoms. The van der Waals surface area contributed by atoms with Gasteiger partial charge in [0.05, 0.1) is 5.56 Å². The van der Waals surface area contributed by atoms with Crippen molar-refractivity contribution in [2.24, 2.45) is 0 Å². The van der Waals surface area contributed by atoms with Crippen LogP contribution in [0.1, 0.15) is 23.7 Å². The number of esters is 1. The van der Waals surface area contributed by atoms with Crippen LogP contribution >= 0.6 is 0 Å². The van der Waals surface area contributed by atoms with Gasteiger partial charge in [0.25, 0.3) is 0 Å². The molecule has 1 aromatic rings. The topological polar surface area (TPSA) is 89.9 Å². The molecule has 0 radical (unpaired) electrons. The third-order valence-corrected chi connectivity index (χ3v) is 2.11. The monoisotopic (exact) mass is 266 g/mol. The summed E-state index contributed by atoms with van der Waals surface area (Å²) in [6.07, 6.45) is -0.243. The number of carbonyl (C=O) groups is 3. The quantitative estimate of drug-likeness (QED) is 0.454. The Morgan fingerprint density at radius 1 is 1.11 bits per heavy atom. The van der Waals surface area contributed by atoms with Crippen LogP contribution in [0, 0.1) is 0 Å². The van der Waals surface area contributed by atoms with Gasteiger partial charge in [-0.25, -0.2) is 4.79 Å². The molecule has 0 spiro atoms. The Labute approximate surface area is 109 Å². The van der Waals surface area contributed by atoms with Gasteiger partial charge in [-0.05, 0) is 31.2 Å². The number of benzene rings is 1. The first-order chi connectivity index (χ1) is 8.99. The van der Waals surface area contributed by atoms with Crippen molar-refractivity contribution < 1.29 is 29.0 Å². The third-order valence-electron chi connectivity index (χ3n) is 2.11. The van der Waals surface area contributed by atoms with E-state index < -0.39 is 11.9 Å². The zero-order valence-corrected chi connectivity index (χ0v) is 10.4. The molecule has 0 bridgehead atoms. The van der Waals surface area contributed by atoms with Crippen molar-refractivity contribution in [3.8, 4) is 5.75 Å². The minimum atomic E-state index is -1.01. The van der Waals surface area contributed by atoms with Crippen LogP contribution in [0.25, 0.3) is 0 Å². The molecule has 1 rings (SSSR count). The summed E-state index contributed by atoms with van der Waals surface area (Å²) >= 11 is 0. The molecular formula is C13H14O6. The van der Waals surface area contributed by atoms with Gasteiger partial charge in [0.1, 0.15) is 31.2 Å². The van der Waals surface area contributed by atoms with Crippen LogP contribution in [0.5, 0.6) is 5.75 Å². The Morgan fingerprint density at radius 2 is 1.74 bits per heavy atom. The number of aromatic carboxylic acids is 1. The molecule has 1 N–H and O–H groups in total. The first-order valence-electron chi connectivity index (χ1n) is 5.60. The molecule has 0 saturated carbocycles. The van der Waals surface area contributed by atoms with Crippen molar-refractivity contribution in [2.75, 3.05) is 13.2 Å². The zero-order valence-electron chi connectivity index (χ0n) is 10.4. The van der Waals surface area contributed by atoms with Crippen LogP contribution in [-0.2, 0) is 14.3 Å². The number of ether oxygens (including phenoxy) is 2. The standard InChI is InChI=1S/C13H14O6/c1-9(14)8-12(15)19-7-6-18-11-4-2-10(3-5-11)13(16)17/h2-5H,6-8H2,1H3,(H,16,17). The first-order valence-corrected chi connectivity index (χ1v) is 5.60. The average molecular weight is 266 g/mol. The van der Waals surface area contributed by atoms with E-state index in [1.54, 1.807) is 0 Å². The fourth-order valence-electron chi connectivity index (χ4n) is 1.26. The Bertz CT molecular complexity index is 463. The van der Waals surface area contributed by atoms with E-state index in [-0.39, 0.29) is 31.0 Å². The molecule has 0 amide bonds. The SMILES string of the molecule is CC(=O)CC(=O)OCCOc1ccc(C(=O)O)cc1. The molecule has 0 aliphatic carbocycles. The van der Waals surface area contributed by atoms with Crippen molar-refractivity contribution in [3.05, 3.63) is 29.8 Å². The number of carboxylic acid groups (broad SMARTS) is 1. The van der Waals surface area contributed by atoms with Crippen molar-refractivity contribution in [3.63, 3.8) is 0 Å². The summed E-state index contributed by atoms with van der Waals surface area (Å²) in [6.45, 7) is 1.48. The van der Waals surface area contributed by atoms with Gasteiger partial charge in [-0.15, -0.1) is 0 Å². The van der Waals surface area contributed by atoms with E-state index in [4.69, 9.17) is 14.6 Å². The lowest BCUT2D eigenvalue weighted by Crippen LogP contribution is -2.14. The highest BCUT2D eigenvalue weighted by molar-refractivity contribution is 5.94. The van der Waals surface area contributed by atoms with E-state index in [0.29, 0.717) is 5.75 Å². The van der Waals surface area contributed by atoms with Gasteiger partial charge in [-0.3, -0.25) is 9.59 Å². The zero-order chi connectivity index (χ0) is 14.3. The van der Waals surface area contributed by atoms with E-state index in [1.165, 1.54) is 31.2 Å². The van der Waals surface area contributed by atoms with E-state index in [0.717, 1.165) is 0 Å². The molecule has 0 unspecified atom stereocenters. The average Bonchev–Trinajstić information content (AvgIpc) is 2.34. The molecule has 0 saturated heterocycles. The molecule has 0 aliphatic heterocycles. The predicted molar refractivity (Wildman–Crippen MR) is 65.2 cm³/mol. The Kier molecular flexibility index (Phi) is 5.53. The van der Waals surface area contributed by atoms with Crippen molar-refractivity contribution >= 4 is 17.7 Å². The number of hydrogen-bond donors (Lipinski definition) is 1. The molecule has 0 heterocycles. The number of Topliss-reactive ketones (excluding diaryl/α,β-unsaturated/α-hetero) is 1. The van der Waals surface area contributed by atoms with Crippen LogP contribution in [-0.4, -0.2) is 36.0 Å². The molecule has 6 heteroatoms. The Balaban J connectivity index is 2.28. The van der Waals surface area contributed by atoms with Gasteiger partial charge < -0.3 is 14.6 Å². The molecule has 102 valence electrons. The number of carboxylic acids is 1. The molecule has 0 aliphatic rings. The van der Waals surface area contributed by atoms with E-state index in [1.807, 2.05) is 0 Å². The highest BCUT2D eigenvalue weighted by atomic mass is 16.6. The Hall–Kier alpha value is -2.37. The van der Waals surface area contributed by atoms with Crippen molar-refractivity contribution in [1.29, 1.82) is 0 Å². The summed E-state index contributed by atoms with van der Waals surface area (Å²) in [5.74, 6) is -1.37. The van der Waals surface area contributed by atoms with Crippen LogP contribution in [0.2, 0.25) is 0 Å². The number of hydrogen-bond acceptors (Lipinski definition) is 5. The third kappa shape index (κ3) is 5.67. The molecule has 0 aromatic heterocycles. The van der Waals surface area contributed by atoms with Gasteiger partial charge in [-0.2, -0.15) is 0 Å². The summed E-state index contributed by atoms with van der Waals surface area (Å²) in [4.78, 5) is 32.2. The van der Waals surface area contributed by atoms with Crippen molar-refractivity contribution in [1.82, 2.24) is 0 Å². The van der Waals surface area contributed by atoms with Crippen LogP contribution in [0.15, 0.2) is 24.3 Å². The maximum Gasteiger partial charge on any atom is 0.335 e. The second kappa shape index (κ2) is 7.15. The summed E-state index contributed by atoms with van der Waals surface area (Å²) < 4.78 is 10.00. The van der Waals surface area contributed by atoms with Crippen LogP contribution < -0.4 is 4.74 Å². The van der Waals surface area contributed by atoms with Gasteiger partial charge in [0.15, 0.2) is 0 Å².